The first kappa shape index (κ1) is 14.7. The molecule has 0 unspecified atom stereocenters. The van der Waals surface area contributed by atoms with Crippen molar-refractivity contribution in [2.75, 3.05) is 25.5 Å². The fourth-order valence-corrected chi connectivity index (χ4v) is 1.49. The van der Waals surface area contributed by atoms with Crippen molar-refractivity contribution in [1.82, 2.24) is 10.3 Å². The summed E-state index contributed by atoms with van der Waals surface area (Å²) in [6.07, 6.45) is 3.53. The first-order chi connectivity index (χ1) is 8.65. The summed E-state index contributed by atoms with van der Waals surface area (Å²) < 4.78 is 5.33. The summed E-state index contributed by atoms with van der Waals surface area (Å²) in [5.41, 5.74) is 6.24. The lowest BCUT2D eigenvalue weighted by Crippen LogP contribution is -2.27. The molecule has 0 atom stereocenters. The second-order valence-electron chi connectivity index (χ2n) is 3.83. The lowest BCUT2D eigenvalue weighted by Gasteiger charge is -2.07. The van der Waals surface area contributed by atoms with E-state index in [1.165, 1.54) is 12.3 Å². The summed E-state index contributed by atoms with van der Waals surface area (Å²) in [5, 5.41) is 2.85. The summed E-state index contributed by atoms with van der Waals surface area (Å²) in [4.78, 5) is 15.6. The van der Waals surface area contributed by atoms with Crippen LogP contribution in [0.15, 0.2) is 12.3 Å². The van der Waals surface area contributed by atoms with Crippen LogP contribution in [0, 0.1) is 0 Å². The number of ether oxygens (including phenoxy) is 1. The normalized spacial score (nSPS) is 10.3. The molecule has 0 aromatic carbocycles. The number of pyridine rings is 1. The Bertz CT molecular complexity index is 399. The number of carbonyl (C=O) groups excluding carboxylic acids is 1. The zero-order valence-electron chi connectivity index (χ0n) is 10.4. The number of carbonyl (C=O) groups is 1. The molecule has 18 heavy (non-hydrogen) atoms. The van der Waals surface area contributed by atoms with Gasteiger partial charge in [0.1, 0.15) is 5.15 Å². The molecule has 0 aliphatic rings. The molecule has 0 saturated carbocycles. The van der Waals surface area contributed by atoms with Crippen LogP contribution >= 0.6 is 11.6 Å². The van der Waals surface area contributed by atoms with Crippen LogP contribution in [0.5, 0.6) is 0 Å². The standard InChI is InChI=1S/C12H18ClN3O2/c1-2-3-5-18-6-4-15-12(17)10-7-9(14)8-16-11(10)13/h7-8H,2-6,14H2,1H3,(H,15,17). The highest BCUT2D eigenvalue weighted by atomic mass is 35.5. The van der Waals surface area contributed by atoms with Gasteiger partial charge in [-0.3, -0.25) is 4.79 Å². The number of rotatable bonds is 7. The van der Waals surface area contributed by atoms with Crippen LogP contribution in [0.25, 0.3) is 0 Å². The summed E-state index contributed by atoms with van der Waals surface area (Å²) in [6.45, 7) is 3.74. The fourth-order valence-electron chi connectivity index (χ4n) is 1.30. The van der Waals surface area contributed by atoms with Crippen LogP contribution in [-0.2, 0) is 4.74 Å². The minimum atomic E-state index is -0.293. The second-order valence-corrected chi connectivity index (χ2v) is 4.19. The van der Waals surface area contributed by atoms with E-state index in [9.17, 15) is 4.79 Å². The van der Waals surface area contributed by atoms with E-state index < -0.39 is 0 Å². The van der Waals surface area contributed by atoms with E-state index >= 15 is 0 Å². The molecule has 5 nitrogen and oxygen atoms in total. The van der Waals surface area contributed by atoms with Gasteiger partial charge in [-0.05, 0) is 12.5 Å². The molecule has 0 bridgehead atoms. The van der Waals surface area contributed by atoms with E-state index in [1.54, 1.807) is 0 Å². The van der Waals surface area contributed by atoms with Crippen molar-refractivity contribution >= 4 is 23.2 Å². The quantitative estimate of drug-likeness (QED) is 0.586. The number of nitrogens with zero attached hydrogens (tertiary/aromatic N) is 1. The topological polar surface area (TPSA) is 77.2 Å². The maximum absolute atomic E-state index is 11.8. The van der Waals surface area contributed by atoms with Gasteiger partial charge in [0.25, 0.3) is 5.91 Å². The van der Waals surface area contributed by atoms with Crippen molar-refractivity contribution in [3.05, 3.63) is 23.0 Å². The number of hydrogen-bond acceptors (Lipinski definition) is 4. The lowest BCUT2D eigenvalue weighted by molar-refractivity contribution is 0.0912. The SMILES string of the molecule is CCCCOCCNC(=O)c1cc(N)cnc1Cl. The van der Waals surface area contributed by atoms with Gasteiger partial charge in [-0.1, -0.05) is 24.9 Å². The Kier molecular flexibility index (Phi) is 6.46. The number of anilines is 1. The smallest absolute Gasteiger partial charge is 0.254 e. The van der Waals surface area contributed by atoms with Gasteiger partial charge in [-0.15, -0.1) is 0 Å². The number of nitrogens with one attached hydrogen (secondary N) is 1. The molecule has 0 fully saturated rings. The largest absolute Gasteiger partial charge is 0.397 e. The average Bonchev–Trinajstić information content (AvgIpc) is 2.36. The third kappa shape index (κ3) is 4.89. The van der Waals surface area contributed by atoms with Gasteiger partial charge < -0.3 is 15.8 Å². The summed E-state index contributed by atoms with van der Waals surface area (Å²) in [6, 6.07) is 1.50. The predicted molar refractivity (Wildman–Crippen MR) is 71.7 cm³/mol. The van der Waals surface area contributed by atoms with Gasteiger partial charge in [0.2, 0.25) is 0 Å². The average molecular weight is 272 g/mol. The maximum Gasteiger partial charge on any atom is 0.254 e. The van der Waals surface area contributed by atoms with Crippen LogP contribution in [0.1, 0.15) is 30.1 Å². The molecule has 0 radical (unpaired) electrons. The summed E-state index contributed by atoms with van der Waals surface area (Å²) in [5.74, 6) is -0.293. The van der Waals surface area contributed by atoms with Crippen molar-refractivity contribution in [2.45, 2.75) is 19.8 Å². The van der Waals surface area contributed by atoms with E-state index in [-0.39, 0.29) is 16.6 Å². The Morgan fingerprint density at radius 2 is 2.33 bits per heavy atom. The van der Waals surface area contributed by atoms with E-state index in [0.717, 1.165) is 12.8 Å². The third-order valence-corrected chi connectivity index (χ3v) is 2.58. The lowest BCUT2D eigenvalue weighted by atomic mass is 10.2. The summed E-state index contributed by atoms with van der Waals surface area (Å²) in [7, 11) is 0. The van der Waals surface area contributed by atoms with Crippen molar-refractivity contribution < 1.29 is 9.53 Å². The Hall–Kier alpha value is -1.33. The van der Waals surface area contributed by atoms with Crippen molar-refractivity contribution in [3.8, 4) is 0 Å². The number of aromatic nitrogens is 1. The number of halogens is 1. The Morgan fingerprint density at radius 3 is 3.06 bits per heavy atom. The Labute approximate surface area is 112 Å². The molecule has 0 aliphatic carbocycles. The van der Waals surface area contributed by atoms with Crippen LogP contribution < -0.4 is 11.1 Å². The molecule has 0 saturated heterocycles. The number of nitrogens with two attached hydrogens (primary N) is 1. The highest BCUT2D eigenvalue weighted by Crippen LogP contribution is 2.15. The Morgan fingerprint density at radius 1 is 1.56 bits per heavy atom. The van der Waals surface area contributed by atoms with Crippen molar-refractivity contribution in [2.24, 2.45) is 0 Å². The molecular formula is C12H18ClN3O2. The van der Waals surface area contributed by atoms with Crippen LogP contribution in [0.3, 0.4) is 0 Å². The number of amides is 1. The van der Waals surface area contributed by atoms with Crippen molar-refractivity contribution in [1.29, 1.82) is 0 Å². The van der Waals surface area contributed by atoms with Gasteiger partial charge in [0, 0.05) is 13.2 Å². The molecule has 1 rings (SSSR count). The van der Waals surface area contributed by atoms with Crippen LogP contribution in [0.2, 0.25) is 5.15 Å². The molecule has 1 heterocycles. The monoisotopic (exact) mass is 271 g/mol. The van der Waals surface area contributed by atoms with Gasteiger partial charge in [0.15, 0.2) is 0 Å². The number of unbranched alkanes of at least 4 members (excludes halogenated alkanes) is 1. The molecular weight excluding hydrogens is 254 g/mol. The van der Waals surface area contributed by atoms with E-state index in [1.807, 2.05) is 0 Å². The molecule has 1 amide bonds. The summed E-state index contributed by atoms with van der Waals surface area (Å²) >= 11 is 5.81. The van der Waals surface area contributed by atoms with Crippen molar-refractivity contribution in [3.63, 3.8) is 0 Å². The first-order valence-corrected chi connectivity index (χ1v) is 6.30. The number of nitrogen functional groups attached to an aromatic ring is 1. The van der Waals surface area contributed by atoms with Crippen LogP contribution in [-0.4, -0.2) is 30.6 Å². The molecule has 100 valence electrons. The molecule has 3 N–H and O–H groups in total. The maximum atomic E-state index is 11.8. The molecule has 1 aromatic heterocycles. The molecule has 6 heteroatoms. The highest BCUT2D eigenvalue weighted by Gasteiger charge is 2.11. The fraction of sp³-hybridized carbons (Fsp3) is 0.500. The van der Waals surface area contributed by atoms with Crippen LogP contribution in [0.4, 0.5) is 5.69 Å². The minimum absolute atomic E-state index is 0.147. The zero-order chi connectivity index (χ0) is 13.4. The predicted octanol–water partition coefficient (Wildman–Crippen LogP) is 1.86. The van der Waals surface area contributed by atoms with E-state index in [2.05, 4.69) is 17.2 Å². The van der Waals surface area contributed by atoms with Gasteiger partial charge in [-0.25, -0.2) is 4.98 Å². The van der Waals surface area contributed by atoms with Gasteiger partial charge in [0.05, 0.1) is 24.1 Å². The number of hydrogen-bond donors (Lipinski definition) is 2. The van der Waals surface area contributed by atoms with E-state index in [4.69, 9.17) is 22.1 Å². The zero-order valence-corrected chi connectivity index (χ0v) is 11.2. The second kappa shape index (κ2) is 7.89. The molecule has 0 aliphatic heterocycles. The third-order valence-electron chi connectivity index (χ3n) is 2.28. The first-order valence-electron chi connectivity index (χ1n) is 5.92. The highest BCUT2D eigenvalue weighted by molar-refractivity contribution is 6.32. The molecule has 0 spiro atoms. The molecule has 1 aromatic rings. The van der Waals surface area contributed by atoms with Gasteiger partial charge >= 0.3 is 0 Å². The van der Waals surface area contributed by atoms with Gasteiger partial charge in [-0.2, -0.15) is 0 Å². The minimum Gasteiger partial charge on any atom is -0.397 e. The Balaban J connectivity index is 2.34. The van der Waals surface area contributed by atoms with E-state index in [0.29, 0.717) is 25.4 Å².